The first kappa shape index (κ1) is 15.7. The molecule has 0 aliphatic rings. The van der Waals surface area contributed by atoms with Gasteiger partial charge in [-0.2, -0.15) is 5.10 Å². The molecule has 4 heteroatoms. The summed E-state index contributed by atoms with van der Waals surface area (Å²) in [6.45, 7) is 5.95. The number of nitrogens with zero attached hydrogens (tertiary/aromatic N) is 2. The Morgan fingerprint density at radius 2 is 2.00 bits per heavy atom. The fourth-order valence-corrected chi connectivity index (χ4v) is 2.46. The first-order chi connectivity index (χ1) is 10.2. The Morgan fingerprint density at radius 1 is 1.24 bits per heavy atom. The second-order valence-electron chi connectivity index (χ2n) is 5.81. The van der Waals surface area contributed by atoms with Crippen molar-refractivity contribution >= 4 is 0 Å². The van der Waals surface area contributed by atoms with Crippen LogP contribution in [-0.4, -0.2) is 21.5 Å². The van der Waals surface area contributed by atoms with Gasteiger partial charge in [0.2, 0.25) is 0 Å². The van der Waals surface area contributed by atoms with Gasteiger partial charge in [-0.05, 0) is 17.9 Å². The topological polar surface area (TPSA) is 50.1 Å². The third kappa shape index (κ3) is 4.99. The predicted octanol–water partition coefficient (Wildman–Crippen LogP) is 2.75. The molecule has 1 atom stereocenters. The number of aromatic nitrogens is 2. The molecule has 0 saturated heterocycles. The highest BCUT2D eigenvalue weighted by Crippen LogP contribution is 2.21. The van der Waals surface area contributed by atoms with E-state index < -0.39 is 0 Å². The molecule has 0 fully saturated rings. The van der Waals surface area contributed by atoms with Crippen molar-refractivity contribution in [3.8, 4) is 0 Å². The van der Waals surface area contributed by atoms with Crippen LogP contribution in [0.4, 0.5) is 0 Å². The van der Waals surface area contributed by atoms with Gasteiger partial charge < -0.3 is 10.4 Å². The Morgan fingerprint density at radius 3 is 2.67 bits per heavy atom. The number of hydrogen-bond donors (Lipinski definition) is 2. The summed E-state index contributed by atoms with van der Waals surface area (Å²) < 4.78 is 1.77. The van der Waals surface area contributed by atoms with Gasteiger partial charge >= 0.3 is 0 Å². The monoisotopic (exact) mass is 287 g/mol. The zero-order valence-corrected chi connectivity index (χ0v) is 12.9. The number of aliphatic hydroxyl groups excluding tert-OH is 1. The molecular weight excluding hydrogens is 262 g/mol. The van der Waals surface area contributed by atoms with Crippen molar-refractivity contribution in [3.05, 3.63) is 53.9 Å². The Bertz CT molecular complexity index is 522. The Labute approximate surface area is 126 Å². The van der Waals surface area contributed by atoms with Crippen molar-refractivity contribution in [2.45, 2.75) is 39.4 Å². The summed E-state index contributed by atoms with van der Waals surface area (Å²) in [6, 6.07) is 10.9. The molecule has 114 valence electrons. The van der Waals surface area contributed by atoms with Crippen LogP contribution >= 0.6 is 0 Å². The van der Waals surface area contributed by atoms with Crippen LogP contribution in [0.25, 0.3) is 0 Å². The van der Waals surface area contributed by atoms with Gasteiger partial charge in [-0.1, -0.05) is 44.2 Å². The fourth-order valence-electron chi connectivity index (χ4n) is 2.46. The van der Waals surface area contributed by atoms with E-state index in [1.54, 1.807) is 4.68 Å². The molecule has 0 bridgehead atoms. The summed E-state index contributed by atoms with van der Waals surface area (Å²) in [5.41, 5.74) is 2.47. The quantitative estimate of drug-likeness (QED) is 0.785. The lowest BCUT2D eigenvalue weighted by Gasteiger charge is -2.21. The standard InChI is InChI=1S/C17H25N3O/c1-14(2)10-17(16-6-4-3-5-7-16)18-11-15-12-19-20(13-15)8-9-21/h3-7,12-14,17-18,21H,8-11H2,1-2H3. The minimum atomic E-state index is 0.120. The van der Waals surface area contributed by atoms with E-state index in [4.69, 9.17) is 5.11 Å². The third-order valence-electron chi connectivity index (χ3n) is 3.48. The SMILES string of the molecule is CC(C)CC(NCc1cnn(CCO)c1)c1ccccc1. The molecule has 1 aromatic carbocycles. The van der Waals surface area contributed by atoms with Crippen LogP contribution in [0.2, 0.25) is 0 Å². The van der Waals surface area contributed by atoms with E-state index >= 15 is 0 Å². The Kier molecular flexibility index (Phi) is 5.96. The highest BCUT2D eigenvalue weighted by molar-refractivity contribution is 5.19. The van der Waals surface area contributed by atoms with Gasteiger partial charge in [0.1, 0.15) is 0 Å². The average Bonchev–Trinajstić information content (AvgIpc) is 2.92. The smallest absolute Gasteiger partial charge is 0.0640 e. The Balaban J connectivity index is 1.98. The van der Waals surface area contributed by atoms with Crippen LogP contribution < -0.4 is 5.32 Å². The number of nitrogens with one attached hydrogen (secondary N) is 1. The summed E-state index contributed by atoms with van der Waals surface area (Å²) in [6.07, 6.45) is 4.95. The highest BCUT2D eigenvalue weighted by atomic mass is 16.3. The number of rotatable bonds is 8. The van der Waals surface area contributed by atoms with Crippen LogP contribution in [0, 0.1) is 5.92 Å². The molecule has 0 aliphatic carbocycles. The summed E-state index contributed by atoms with van der Waals surface area (Å²) in [5.74, 6) is 0.639. The number of aliphatic hydroxyl groups is 1. The van der Waals surface area contributed by atoms with E-state index in [2.05, 4.69) is 54.6 Å². The van der Waals surface area contributed by atoms with Gasteiger partial charge in [0, 0.05) is 24.3 Å². The molecular formula is C17H25N3O. The normalized spacial score (nSPS) is 12.8. The number of benzene rings is 1. The van der Waals surface area contributed by atoms with Crippen molar-refractivity contribution < 1.29 is 5.11 Å². The summed E-state index contributed by atoms with van der Waals surface area (Å²) in [7, 11) is 0. The zero-order valence-electron chi connectivity index (χ0n) is 12.9. The fraction of sp³-hybridized carbons (Fsp3) is 0.471. The van der Waals surface area contributed by atoms with Gasteiger partial charge in [0.15, 0.2) is 0 Å². The third-order valence-corrected chi connectivity index (χ3v) is 3.48. The van der Waals surface area contributed by atoms with E-state index in [0.717, 1.165) is 18.5 Å². The van der Waals surface area contributed by atoms with Crippen molar-refractivity contribution in [1.82, 2.24) is 15.1 Å². The summed E-state index contributed by atoms with van der Waals surface area (Å²) in [4.78, 5) is 0. The van der Waals surface area contributed by atoms with Crippen molar-refractivity contribution in [2.24, 2.45) is 5.92 Å². The van der Waals surface area contributed by atoms with E-state index in [1.165, 1.54) is 5.56 Å². The molecule has 0 aliphatic heterocycles. The highest BCUT2D eigenvalue weighted by Gasteiger charge is 2.13. The van der Waals surface area contributed by atoms with Gasteiger partial charge in [-0.15, -0.1) is 0 Å². The molecule has 1 aromatic heterocycles. The van der Waals surface area contributed by atoms with Gasteiger partial charge in [-0.3, -0.25) is 4.68 Å². The van der Waals surface area contributed by atoms with Gasteiger partial charge in [0.25, 0.3) is 0 Å². The second kappa shape index (κ2) is 7.96. The van der Waals surface area contributed by atoms with Crippen molar-refractivity contribution in [1.29, 1.82) is 0 Å². The molecule has 0 saturated carbocycles. The molecule has 0 spiro atoms. The molecule has 0 radical (unpaired) electrons. The lowest BCUT2D eigenvalue weighted by molar-refractivity contribution is 0.269. The molecule has 2 rings (SSSR count). The van der Waals surface area contributed by atoms with Crippen LogP contribution in [0.5, 0.6) is 0 Å². The molecule has 1 heterocycles. The molecule has 21 heavy (non-hydrogen) atoms. The minimum absolute atomic E-state index is 0.120. The number of hydrogen-bond acceptors (Lipinski definition) is 3. The van der Waals surface area contributed by atoms with E-state index in [9.17, 15) is 0 Å². The first-order valence-electron chi connectivity index (χ1n) is 7.59. The van der Waals surface area contributed by atoms with E-state index in [0.29, 0.717) is 18.5 Å². The van der Waals surface area contributed by atoms with Crippen molar-refractivity contribution in [3.63, 3.8) is 0 Å². The molecule has 0 amide bonds. The molecule has 1 unspecified atom stereocenters. The molecule has 4 nitrogen and oxygen atoms in total. The molecule has 2 aromatic rings. The summed E-state index contributed by atoms with van der Waals surface area (Å²) in [5, 5.41) is 16.8. The maximum atomic E-state index is 8.92. The molecule has 2 N–H and O–H groups in total. The summed E-state index contributed by atoms with van der Waals surface area (Å²) >= 11 is 0. The van der Waals surface area contributed by atoms with Crippen LogP contribution in [0.1, 0.15) is 37.4 Å². The van der Waals surface area contributed by atoms with Crippen molar-refractivity contribution in [2.75, 3.05) is 6.61 Å². The van der Waals surface area contributed by atoms with Crippen LogP contribution in [-0.2, 0) is 13.1 Å². The lowest BCUT2D eigenvalue weighted by atomic mass is 9.97. The van der Waals surface area contributed by atoms with Gasteiger partial charge in [0.05, 0.1) is 19.3 Å². The van der Waals surface area contributed by atoms with Crippen LogP contribution in [0.3, 0.4) is 0 Å². The maximum absolute atomic E-state index is 8.92. The van der Waals surface area contributed by atoms with E-state index in [1.807, 2.05) is 12.4 Å². The second-order valence-corrected chi connectivity index (χ2v) is 5.81. The van der Waals surface area contributed by atoms with Gasteiger partial charge in [-0.25, -0.2) is 0 Å². The maximum Gasteiger partial charge on any atom is 0.0640 e. The lowest BCUT2D eigenvalue weighted by Crippen LogP contribution is -2.22. The van der Waals surface area contributed by atoms with Crippen LogP contribution in [0.15, 0.2) is 42.7 Å². The first-order valence-corrected chi connectivity index (χ1v) is 7.59. The minimum Gasteiger partial charge on any atom is -0.394 e. The van der Waals surface area contributed by atoms with E-state index in [-0.39, 0.29) is 6.61 Å². The predicted molar refractivity (Wildman–Crippen MR) is 84.8 cm³/mol. The zero-order chi connectivity index (χ0) is 15.1. The largest absolute Gasteiger partial charge is 0.394 e. The Hall–Kier alpha value is -1.65. The average molecular weight is 287 g/mol.